The quantitative estimate of drug-likeness (QED) is 0.0550. The smallest absolute Gasteiger partial charge is 0.343 e. The molecule has 21 rings (SSSR count). The minimum Gasteiger partial charge on any atom is -0.504 e. The molecule has 0 unspecified atom stereocenters. The van der Waals surface area contributed by atoms with Crippen molar-refractivity contribution in [2.24, 2.45) is 0 Å². The molecular formula is C106H66O21. The lowest BCUT2D eigenvalue weighted by molar-refractivity contribution is -0.0470. The van der Waals surface area contributed by atoms with Gasteiger partial charge in [-0.25, -0.2) is 24.0 Å². The number of phenolic OH excluding ortho intramolecular Hbond substituents is 1. The molecule has 0 atom stereocenters. The van der Waals surface area contributed by atoms with E-state index in [1.165, 1.54) is 60.7 Å². The summed E-state index contributed by atoms with van der Waals surface area (Å²) < 4.78 is 101. The number of para-hydroxylation sites is 1. The second-order valence-electron chi connectivity index (χ2n) is 30.1. The van der Waals surface area contributed by atoms with E-state index in [-0.39, 0.29) is 108 Å². The molecule has 0 aromatic heterocycles. The molecule has 0 bridgehead atoms. The Morgan fingerprint density at radius 1 is 0.189 bits per heavy atom. The van der Waals surface area contributed by atoms with E-state index in [1.807, 2.05) is 158 Å². The molecule has 0 spiro atoms. The van der Waals surface area contributed by atoms with Crippen molar-refractivity contribution in [1.82, 2.24) is 0 Å². The molecule has 21 heteroatoms. The van der Waals surface area contributed by atoms with E-state index in [4.69, 9.17) is 71.1 Å². The molecule has 1 N–H and O–H groups in total. The van der Waals surface area contributed by atoms with Gasteiger partial charge in [-0.05, 0) is 72.8 Å². The minimum atomic E-state index is -1.83. The minimum absolute atomic E-state index is 0.00443. The standard InChI is InChI=1S/C106H66O21/c107-82-56-66(61-87-92(82)123-102(118-87,71-34-12-1-13-35-71)72-36-14-2-15-37-72)98(109)114-84-58-68(63-89-94(84)125-104(120-89,75-42-20-5-21-43-75)76-44-22-6-23-45-76)100(111)116-86-60-70(65-91-96(86)127-106(122-91,79-50-28-9-29-51-79)80-52-30-10-31-53-80)101(112)117-85-59-69(64-90-95(85)126-105(121-90,77-46-24-7-25-47-77)78-48-26-8-27-49-78)99(110)115-83-57-67(97(108)113-81-54-32-11-33-55-81)62-88-93(83)124-103(119-88,73-38-16-3-17-39-73)74-40-18-4-19-41-74/h1-65,107H. The van der Waals surface area contributed by atoms with Crippen LogP contribution in [0.3, 0.4) is 0 Å². The zero-order valence-corrected chi connectivity index (χ0v) is 66.6. The maximum Gasteiger partial charge on any atom is 0.343 e. The molecule has 21 nitrogen and oxygen atoms in total. The molecule has 5 heterocycles. The van der Waals surface area contributed by atoms with Crippen molar-refractivity contribution in [2.45, 2.75) is 28.9 Å². The van der Waals surface area contributed by atoms with Crippen LogP contribution in [0.15, 0.2) is 394 Å². The van der Waals surface area contributed by atoms with Crippen LogP contribution >= 0.6 is 0 Å². The molecule has 0 saturated carbocycles. The summed E-state index contributed by atoms with van der Waals surface area (Å²) in [4.78, 5) is 77.2. The van der Waals surface area contributed by atoms with Gasteiger partial charge < -0.3 is 76.2 Å². The van der Waals surface area contributed by atoms with E-state index in [0.29, 0.717) is 55.6 Å². The van der Waals surface area contributed by atoms with Crippen molar-refractivity contribution in [1.29, 1.82) is 0 Å². The molecule has 0 amide bonds. The van der Waals surface area contributed by atoms with Crippen LogP contribution in [0, 0.1) is 0 Å². The first-order valence-corrected chi connectivity index (χ1v) is 40.4. The van der Waals surface area contributed by atoms with E-state index >= 15 is 19.2 Å². The Morgan fingerprint density at radius 2 is 0.354 bits per heavy atom. The van der Waals surface area contributed by atoms with Crippen LogP contribution in [0.4, 0.5) is 0 Å². The third-order valence-electron chi connectivity index (χ3n) is 22.1. The Bertz CT molecular complexity index is 6760. The molecular weight excluding hydrogens is 1610 g/mol. The summed E-state index contributed by atoms with van der Waals surface area (Å²) in [6.07, 6.45) is 0. The molecule has 16 aromatic carbocycles. The van der Waals surface area contributed by atoms with E-state index < -0.39 is 70.3 Å². The van der Waals surface area contributed by atoms with Gasteiger partial charge in [-0.3, -0.25) is 0 Å². The number of aromatic hydroxyl groups is 1. The molecule has 616 valence electrons. The fourth-order valence-electron chi connectivity index (χ4n) is 16.1. The number of hydrogen-bond donors (Lipinski definition) is 1. The average molecular weight is 1680 g/mol. The van der Waals surface area contributed by atoms with Gasteiger partial charge in [0.2, 0.25) is 28.7 Å². The number of benzene rings is 16. The highest BCUT2D eigenvalue weighted by Crippen LogP contribution is 2.60. The monoisotopic (exact) mass is 1670 g/mol. The molecule has 5 aliphatic heterocycles. The highest BCUT2D eigenvalue weighted by atomic mass is 16.8. The number of rotatable bonds is 20. The van der Waals surface area contributed by atoms with Crippen LogP contribution in [0.1, 0.15) is 107 Å². The number of hydrogen-bond acceptors (Lipinski definition) is 21. The van der Waals surface area contributed by atoms with Gasteiger partial charge in [-0.15, -0.1) is 0 Å². The van der Waals surface area contributed by atoms with Gasteiger partial charge in [0, 0.05) is 55.6 Å². The second kappa shape index (κ2) is 31.3. The molecule has 0 radical (unpaired) electrons. The molecule has 0 fully saturated rings. The van der Waals surface area contributed by atoms with Gasteiger partial charge in [0.1, 0.15) is 5.75 Å². The number of carbonyl (C=O) groups excluding carboxylic acids is 5. The third kappa shape index (κ3) is 13.7. The number of phenols is 1. The highest BCUT2D eigenvalue weighted by molar-refractivity contribution is 5.99. The SMILES string of the molecule is O=C(Oc1ccccc1)c1cc(OC(=O)c2cc(OC(=O)c3cc(OC(=O)c4cc(OC(=O)c5cc(O)c6c(c5)OC(c5ccccc5)(c5ccccc5)O6)c5c(c4)OC(c4ccccc4)(c4ccccc4)O5)c4c(c3)OC(c3ccccc3)(c3ccccc3)O4)c3c(c2)OC(c2ccccc2)(c2ccccc2)O3)c2c(c1)OC(c1ccccc1)(c1ccccc1)O2. The van der Waals surface area contributed by atoms with Gasteiger partial charge >= 0.3 is 58.8 Å². The maximum absolute atomic E-state index is 16.0. The number of ether oxygens (including phenoxy) is 15. The first kappa shape index (κ1) is 77.0. The summed E-state index contributed by atoms with van der Waals surface area (Å²) in [6.45, 7) is 0. The van der Waals surface area contributed by atoms with Crippen LogP contribution in [0.25, 0.3) is 0 Å². The fraction of sp³-hybridized carbons (Fsp3) is 0.0472. The van der Waals surface area contributed by atoms with E-state index in [2.05, 4.69) is 0 Å². The fourth-order valence-corrected chi connectivity index (χ4v) is 16.1. The van der Waals surface area contributed by atoms with Crippen LogP contribution < -0.4 is 71.1 Å². The van der Waals surface area contributed by atoms with Crippen molar-refractivity contribution >= 4 is 29.8 Å². The zero-order valence-electron chi connectivity index (χ0n) is 66.6. The van der Waals surface area contributed by atoms with Crippen molar-refractivity contribution in [3.05, 3.63) is 478 Å². The van der Waals surface area contributed by atoms with Crippen molar-refractivity contribution in [3.8, 4) is 92.0 Å². The third-order valence-corrected chi connectivity index (χ3v) is 22.1. The summed E-state index contributed by atoms with van der Waals surface area (Å²) in [6, 6.07) is 112. The largest absolute Gasteiger partial charge is 0.504 e. The average Bonchev–Trinajstić information content (AvgIpc) is 1.59. The highest BCUT2D eigenvalue weighted by Gasteiger charge is 2.54. The Kier molecular flexibility index (Phi) is 19.0. The summed E-state index contributed by atoms with van der Waals surface area (Å²) in [7, 11) is 0. The Hall–Kier alpha value is -17.3. The van der Waals surface area contributed by atoms with Crippen LogP contribution in [0.5, 0.6) is 92.0 Å². The lowest BCUT2D eigenvalue weighted by Gasteiger charge is -2.28. The van der Waals surface area contributed by atoms with Gasteiger partial charge in [0.15, 0.2) is 57.5 Å². The summed E-state index contributed by atoms with van der Waals surface area (Å²) in [5, 5.41) is 11.9. The molecule has 0 aliphatic carbocycles. The van der Waals surface area contributed by atoms with Gasteiger partial charge in [-0.2, -0.15) is 0 Å². The van der Waals surface area contributed by atoms with Gasteiger partial charge in [-0.1, -0.05) is 322 Å². The number of fused-ring (bicyclic) bond motifs is 5. The topological polar surface area (TPSA) is 244 Å². The Morgan fingerprint density at radius 3 is 0.559 bits per heavy atom. The Labute approximate surface area is 724 Å². The second-order valence-corrected chi connectivity index (χ2v) is 30.1. The van der Waals surface area contributed by atoms with E-state index in [0.717, 1.165) is 0 Å². The lowest BCUT2D eigenvalue weighted by atomic mass is 9.97. The number of carbonyl (C=O) groups is 5. The van der Waals surface area contributed by atoms with E-state index in [9.17, 15) is 9.90 Å². The summed E-state index contributed by atoms with van der Waals surface area (Å²) in [5.41, 5.74) is 4.06. The molecule has 0 saturated heterocycles. The van der Waals surface area contributed by atoms with Crippen LogP contribution in [0.2, 0.25) is 0 Å². The first-order chi connectivity index (χ1) is 62.2. The van der Waals surface area contributed by atoms with Gasteiger partial charge in [0.25, 0.3) is 0 Å². The summed E-state index contributed by atoms with van der Waals surface area (Å²) >= 11 is 0. The molecule has 5 aliphatic rings. The van der Waals surface area contributed by atoms with Crippen LogP contribution in [-0.4, -0.2) is 35.0 Å². The molecule has 127 heavy (non-hydrogen) atoms. The normalized spacial score (nSPS) is 14.6. The molecule has 16 aromatic rings. The van der Waals surface area contributed by atoms with E-state index in [1.54, 1.807) is 176 Å². The van der Waals surface area contributed by atoms with Crippen molar-refractivity contribution in [2.75, 3.05) is 0 Å². The van der Waals surface area contributed by atoms with Crippen molar-refractivity contribution < 1.29 is 100 Å². The lowest BCUT2D eigenvalue weighted by Crippen LogP contribution is -2.36. The predicted octanol–water partition coefficient (Wildman–Crippen LogP) is 20.9. The maximum atomic E-state index is 16.0. The van der Waals surface area contributed by atoms with Crippen LogP contribution in [-0.2, 0) is 28.9 Å². The number of esters is 5. The zero-order chi connectivity index (χ0) is 85.9. The predicted molar refractivity (Wildman–Crippen MR) is 460 cm³/mol. The first-order valence-electron chi connectivity index (χ1n) is 40.4. The summed E-state index contributed by atoms with van der Waals surface area (Å²) in [5.74, 6) is -16.4. The Balaban J connectivity index is 0.675. The van der Waals surface area contributed by atoms with Crippen molar-refractivity contribution in [3.63, 3.8) is 0 Å². The van der Waals surface area contributed by atoms with Gasteiger partial charge in [0.05, 0.1) is 27.8 Å².